The zero-order valence-electron chi connectivity index (χ0n) is 26.1. The van der Waals surface area contributed by atoms with Crippen molar-refractivity contribution in [2.24, 2.45) is 0 Å². The van der Waals surface area contributed by atoms with E-state index in [4.69, 9.17) is 14.3 Å². The molecule has 2 saturated heterocycles. The van der Waals surface area contributed by atoms with Gasteiger partial charge in [-0.15, -0.1) is 0 Å². The summed E-state index contributed by atoms with van der Waals surface area (Å²) in [5.74, 6) is 0. The number of urea groups is 1. The maximum absolute atomic E-state index is 13.6. The lowest BCUT2D eigenvalue weighted by Gasteiger charge is -2.35. The van der Waals surface area contributed by atoms with Crippen LogP contribution >= 0.6 is 0 Å². The van der Waals surface area contributed by atoms with Crippen LogP contribution in [0.2, 0.25) is 0 Å². The number of carbonyl (C=O) groups excluding carboxylic acids is 4. The third-order valence-corrected chi connectivity index (χ3v) is 7.36. The van der Waals surface area contributed by atoms with Crippen molar-refractivity contribution in [1.82, 2.24) is 34.9 Å². The van der Waals surface area contributed by atoms with Gasteiger partial charge in [0.2, 0.25) is 0 Å². The van der Waals surface area contributed by atoms with Gasteiger partial charge < -0.3 is 29.5 Å². The van der Waals surface area contributed by atoms with Gasteiger partial charge in [-0.3, -0.25) is 4.84 Å². The third kappa shape index (κ3) is 6.90. The van der Waals surface area contributed by atoms with Crippen LogP contribution in [0.1, 0.15) is 70.4 Å². The van der Waals surface area contributed by atoms with E-state index in [1.54, 1.807) is 41.7 Å². The fourth-order valence-corrected chi connectivity index (χ4v) is 5.36. The Morgan fingerprint density at radius 3 is 2.20 bits per heavy atom. The number of hydroxylamine groups is 2. The van der Waals surface area contributed by atoms with E-state index in [2.05, 4.69) is 10.4 Å². The number of nitrogens with one attached hydrogen (secondary N) is 1. The zero-order chi connectivity index (χ0) is 31.8. The predicted octanol–water partition coefficient (Wildman–Crippen LogP) is 3.89. The first kappa shape index (κ1) is 31.1. The number of amides is 5. The highest BCUT2D eigenvalue weighted by Gasteiger charge is 2.51. The SMILES string of the molecule is CC(C)(C)OC(=O)NC[C@@H]1c2nn(C(=O)N3CCN(C(=O)OC(C)(C)C)CC3)cc2[C@H]2CN1C(=O)N2OCc1ccccc1. The van der Waals surface area contributed by atoms with E-state index in [0.29, 0.717) is 44.0 Å². The summed E-state index contributed by atoms with van der Waals surface area (Å²) in [6, 6.07) is 7.66. The number of aromatic nitrogens is 2. The topological polar surface area (TPSA) is 139 Å². The molecule has 0 spiro atoms. The van der Waals surface area contributed by atoms with Crippen molar-refractivity contribution < 1.29 is 33.5 Å². The highest BCUT2D eigenvalue weighted by Crippen LogP contribution is 2.43. The average molecular weight is 612 g/mol. The fraction of sp³-hybridized carbons (Fsp3) is 0.567. The van der Waals surface area contributed by atoms with Crippen LogP contribution in [-0.4, -0.2) is 104 Å². The van der Waals surface area contributed by atoms with Crippen molar-refractivity contribution in [2.45, 2.75) is 71.4 Å². The molecule has 0 unspecified atom stereocenters. The predicted molar refractivity (Wildman–Crippen MR) is 157 cm³/mol. The Labute approximate surface area is 256 Å². The highest BCUT2D eigenvalue weighted by atomic mass is 16.7. The molecule has 2 aromatic rings. The van der Waals surface area contributed by atoms with Crippen LogP contribution in [-0.2, 0) is 20.9 Å². The number of fused-ring (bicyclic) bond motifs is 4. The Bertz CT molecular complexity index is 1390. The first-order chi connectivity index (χ1) is 20.7. The molecule has 0 aliphatic carbocycles. The summed E-state index contributed by atoms with van der Waals surface area (Å²) in [7, 11) is 0. The molecule has 1 N–H and O–H groups in total. The first-order valence-electron chi connectivity index (χ1n) is 14.8. The number of ether oxygens (including phenoxy) is 2. The summed E-state index contributed by atoms with van der Waals surface area (Å²) in [5.41, 5.74) is 0.758. The number of nitrogens with zero attached hydrogens (tertiary/aromatic N) is 6. The second kappa shape index (κ2) is 12.0. The Balaban J connectivity index is 1.34. The molecule has 1 aromatic carbocycles. The summed E-state index contributed by atoms with van der Waals surface area (Å²) in [6.07, 6.45) is 0.603. The minimum atomic E-state index is -0.694. The molecule has 2 atom stereocenters. The number of piperazine rings is 1. The largest absolute Gasteiger partial charge is 0.444 e. The van der Waals surface area contributed by atoms with Crippen LogP contribution in [0.4, 0.5) is 19.2 Å². The van der Waals surface area contributed by atoms with E-state index in [1.807, 2.05) is 51.1 Å². The molecule has 2 bridgehead atoms. The molecular formula is C30H41N7O7. The summed E-state index contributed by atoms with van der Waals surface area (Å²) in [6.45, 7) is 12.5. The maximum atomic E-state index is 13.6. The number of rotatable bonds is 5. The van der Waals surface area contributed by atoms with E-state index in [9.17, 15) is 19.2 Å². The minimum Gasteiger partial charge on any atom is -0.444 e. The summed E-state index contributed by atoms with van der Waals surface area (Å²) >= 11 is 0. The molecule has 238 valence electrons. The molecule has 14 heteroatoms. The van der Waals surface area contributed by atoms with Gasteiger partial charge in [0.1, 0.15) is 23.9 Å². The summed E-state index contributed by atoms with van der Waals surface area (Å²) in [5, 5.41) is 8.72. The maximum Gasteiger partial charge on any atom is 0.410 e. The fourth-order valence-electron chi connectivity index (χ4n) is 5.36. The zero-order valence-corrected chi connectivity index (χ0v) is 26.1. The van der Waals surface area contributed by atoms with Gasteiger partial charge in [0, 0.05) is 44.5 Å². The van der Waals surface area contributed by atoms with E-state index in [-0.39, 0.29) is 25.2 Å². The van der Waals surface area contributed by atoms with Crippen molar-refractivity contribution in [2.75, 3.05) is 39.3 Å². The number of alkyl carbamates (subject to hydrolysis) is 1. The van der Waals surface area contributed by atoms with Crippen LogP contribution < -0.4 is 5.32 Å². The van der Waals surface area contributed by atoms with Crippen LogP contribution in [0.3, 0.4) is 0 Å². The number of benzene rings is 1. The van der Waals surface area contributed by atoms with Crippen LogP contribution in [0.5, 0.6) is 0 Å². The second-order valence-electron chi connectivity index (χ2n) is 13.1. The molecule has 2 fully saturated rings. The molecule has 5 rings (SSSR count). The van der Waals surface area contributed by atoms with Gasteiger partial charge in [0.05, 0.1) is 18.3 Å². The van der Waals surface area contributed by atoms with Crippen molar-refractivity contribution in [1.29, 1.82) is 0 Å². The van der Waals surface area contributed by atoms with Gasteiger partial charge in [-0.1, -0.05) is 30.3 Å². The van der Waals surface area contributed by atoms with Crippen molar-refractivity contribution >= 4 is 24.2 Å². The normalized spacial score (nSPS) is 20.0. The van der Waals surface area contributed by atoms with Crippen molar-refractivity contribution in [3.05, 3.63) is 53.3 Å². The van der Waals surface area contributed by atoms with E-state index in [0.717, 1.165) is 5.56 Å². The molecule has 44 heavy (non-hydrogen) atoms. The summed E-state index contributed by atoms with van der Waals surface area (Å²) < 4.78 is 12.1. The Hall–Kier alpha value is -4.33. The monoisotopic (exact) mass is 611 g/mol. The lowest BCUT2D eigenvalue weighted by Crippen LogP contribution is -2.52. The number of carbonyl (C=O) groups is 4. The third-order valence-electron chi connectivity index (χ3n) is 7.36. The molecule has 1 aromatic heterocycles. The molecule has 0 radical (unpaired) electrons. The lowest BCUT2D eigenvalue weighted by molar-refractivity contribution is -0.141. The van der Waals surface area contributed by atoms with Gasteiger partial charge >= 0.3 is 24.2 Å². The molecular weight excluding hydrogens is 570 g/mol. The second-order valence-corrected chi connectivity index (χ2v) is 13.1. The van der Waals surface area contributed by atoms with E-state index in [1.165, 1.54) is 9.75 Å². The molecule has 3 aliphatic heterocycles. The number of hydrogen-bond acceptors (Lipinski definition) is 8. The standard InChI is InChI=1S/C30H41N7O7/c1-29(2,3)43-25(38)31-16-22-24-21(23-18-35(22)27(40)37(23)42-19-20-10-8-7-9-11-20)17-36(32-24)26(39)33-12-14-34(15-13-33)28(41)44-30(4,5)6/h7-11,17,22-23H,12-16,18-19H2,1-6H3,(H,31,38)/t22-,23-/m1/s1. The summed E-state index contributed by atoms with van der Waals surface area (Å²) in [4.78, 5) is 62.9. The van der Waals surface area contributed by atoms with Gasteiger partial charge in [0.15, 0.2) is 0 Å². The highest BCUT2D eigenvalue weighted by molar-refractivity contribution is 5.80. The Kier molecular flexibility index (Phi) is 8.47. The number of hydrogen-bond donors (Lipinski definition) is 1. The quantitative estimate of drug-likeness (QED) is 0.537. The molecule has 3 aliphatic rings. The lowest BCUT2D eigenvalue weighted by atomic mass is 9.98. The van der Waals surface area contributed by atoms with Gasteiger partial charge in [-0.25, -0.2) is 19.2 Å². The van der Waals surface area contributed by atoms with Crippen molar-refractivity contribution in [3.63, 3.8) is 0 Å². The van der Waals surface area contributed by atoms with Crippen LogP contribution in [0, 0.1) is 0 Å². The van der Waals surface area contributed by atoms with Gasteiger partial charge in [-0.2, -0.15) is 14.8 Å². The van der Waals surface area contributed by atoms with Crippen LogP contribution in [0.25, 0.3) is 0 Å². The molecule has 0 saturated carbocycles. The Morgan fingerprint density at radius 2 is 1.57 bits per heavy atom. The van der Waals surface area contributed by atoms with E-state index < -0.39 is 35.5 Å². The van der Waals surface area contributed by atoms with E-state index >= 15 is 0 Å². The molecule has 14 nitrogen and oxygen atoms in total. The first-order valence-corrected chi connectivity index (χ1v) is 14.8. The molecule has 4 heterocycles. The smallest absolute Gasteiger partial charge is 0.410 e. The Morgan fingerprint density at radius 1 is 0.932 bits per heavy atom. The van der Waals surface area contributed by atoms with Gasteiger partial charge in [0.25, 0.3) is 0 Å². The van der Waals surface area contributed by atoms with Gasteiger partial charge in [-0.05, 0) is 47.1 Å². The minimum absolute atomic E-state index is 0.0344. The molecule has 5 amide bonds. The van der Waals surface area contributed by atoms with Crippen LogP contribution in [0.15, 0.2) is 36.5 Å². The van der Waals surface area contributed by atoms with Crippen molar-refractivity contribution in [3.8, 4) is 0 Å². The average Bonchev–Trinajstić information content (AvgIpc) is 3.51.